The fourth-order valence-electron chi connectivity index (χ4n) is 6.30. The fourth-order valence-corrected chi connectivity index (χ4v) is 10.0. The minimum atomic E-state index is -3.59. The molecule has 0 fully saturated rings. The number of carbonyl (C=O) groups excluding carboxylic acids is 1. The minimum absolute atomic E-state index is 0.222. The van der Waals surface area contributed by atoms with Gasteiger partial charge >= 0.3 is 0 Å². The maximum atomic E-state index is 15.8. The van der Waals surface area contributed by atoms with Gasteiger partial charge in [-0.1, -0.05) is 115 Å². The SMILES string of the molecule is O=C1[C@@H](P(=O)(c2ccccc2)c2ccccc2)[C@H](c2ccc(F)c(Br)c2)c2c(-c3ccccc3)c3ccccc3n21. The molecule has 0 aliphatic carbocycles. The Bertz CT molecular complexity index is 1930. The Morgan fingerprint density at radius 3 is 1.88 bits per heavy atom. The van der Waals surface area contributed by atoms with Gasteiger partial charge in [0.1, 0.15) is 11.5 Å². The molecule has 0 N–H and O–H groups in total. The van der Waals surface area contributed by atoms with Crippen LogP contribution in [-0.2, 0) is 4.57 Å². The topological polar surface area (TPSA) is 39.1 Å². The van der Waals surface area contributed by atoms with E-state index < -0.39 is 24.5 Å². The molecule has 200 valence electrons. The van der Waals surface area contributed by atoms with E-state index in [4.69, 9.17) is 0 Å². The lowest BCUT2D eigenvalue weighted by Crippen LogP contribution is -2.34. The molecule has 1 aliphatic heterocycles. The molecular formula is C35H24BrFNO2P. The number of para-hydroxylation sites is 1. The zero-order valence-electron chi connectivity index (χ0n) is 21.8. The predicted octanol–water partition coefficient (Wildman–Crippen LogP) is 8.38. The van der Waals surface area contributed by atoms with Gasteiger partial charge in [0.25, 0.3) is 0 Å². The van der Waals surface area contributed by atoms with Gasteiger partial charge in [-0.15, -0.1) is 0 Å². The van der Waals surface area contributed by atoms with E-state index in [2.05, 4.69) is 15.9 Å². The van der Waals surface area contributed by atoms with Crippen LogP contribution in [0.15, 0.2) is 138 Å². The van der Waals surface area contributed by atoms with Crippen LogP contribution in [0.4, 0.5) is 4.39 Å². The van der Waals surface area contributed by atoms with E-state index in [-0.39, 0.29) is 5.91 Å². The third kappa shape index (κ3) is 3.99. The lowest BCUT2D eigenvalue weighted by Gasteiger charge is -2.29. The summed E-state index contributed by atoms with van der Waals surface area (Å²) in [7, 11) is -3.59. The number of carbonyl (C=O) groups is 1. The maximum Gasteiger partial charge on any atom is 0.243 e. The van der Waals surface area contributed by atoms with Crippen molar-refractivity contribution in [2.75, 3.05) is 0 Å². The molecule has 1 aliphatic rings. The van der Waals surface area contributed by atoms with Gasteiger partial charge in [-0.2, -0.15) is 0 Å². The highest BCUT2D eigenvalue weighted by atomic mass is 79.9. The van der Waals surface area contributed by atoms with Crippen molar-refractivity contribution in [3.8, 4) is 11.1 Å². The predicted molar refractivity (Wildman–Crippen MR) is 167 cm³/mol. The van der Waals surface area contributed by atoms with E-state index >= 15 is 4.57 Å². The van der Waals surface area contributed by atoms with E-state index in [1.54, 1.807) is 16.7 Å². The number of aromatic nitrogens is 1. The molecule has 7 rings (SSSR count). The molecule has 5 aromatic carbocycles. The van der Waals surface area contributed by atoms with Gasteiger partial charge in [0.05, 0.1) is 9.99 Å². The van der Waals surface area contributed by atoms with Crippen LogP contribution in [0.1, 0.15) is 22.0 Å². The third-order valence-corrected chi connectivity index (χ3v) is 12.1. The van der Waals surface area contributed by atoms with Crippen molar-refractivity contribution in [3.63, 3.8) is 0 Å². The number of hydrogen-bond acceptors (Lipinski definition) is 2. The van der Waals surface area contributed by atoms with E-state index in [1.807, 2.05) is 115 Å². The summed E-state index contributed by atoms with van der Waals surface area (Å²) in [5, 5.41) is 2.18. The Balaban J connectivity index is 1.61. The molecule has 0 amide bonds. The molecule has 0 unspecified atom stereocenters. The highest BCUT2D eigenvalue weighted by Gasteiger charge is 2.54. The minimum Gasteiger partial charge on any atom is -0.313 e. The highest BCUT2D eigenvalue weighted by Crippen LogP contribution is 2.60. The standard InChI is InChI=1S/C35H24BrFNO2P/c36-28-22-24(20-21-29(28)37)32-33-31(23-12-4-1-5-13-23)27-18-10-11-19-30(27)38(33)35(39)34(32)41(40,25-14-6-2-7-15-25)26-16-8-3-9-17-26/h1-22,32,34H/t32-,34+/m1/s1. The largest absolute Gasteiger partial charge is 0.313 e. The summed E-state index contributed by atoms with van der Waals surface area (Å²) in [6, 6.07) is 41.3. The van der Waals surface area contributed by atoms with Gasteiger partial charge < -0.3 is 4.57 Å². The summed E-state index contributed by atoms with van der Waals surface area (Å²) in [6.45, 7) is 0. The highest BCUT2D eigenvalue weighted by molar-refractivity contribution is 9.10. The molecule has 0 saturated heterocycles. The van der Waals surface area contributed by atoms with Gasteiger partial charge in [0.15, 0.2) is 7.14 Å². The third-order valence-electron chi connectivity index (χ3n) is 8.03. The summed E-state index contributed by atoms with van der Waals surface area (Å²) in [5.41, 5.74) is 3.22. The van der Waals surface area contributed by atoms with Crippen molar-refractivity contribution in [1.29, 1.82) is 0 Å². The van der Waals surface area contributed by atoms with Crippen LogP contribution >= 0.6 is 23.1 Å². The molecule has 41 heavy (non-hydrogen) atoms. The van der Waals surface area contributed by atoms with Crippen molar-refractivity contribution in [2.24, 2.45) is 0 Å². The lowest BCUT2D eigenvalue weighted by molar-refractivity contribution is 0.0930. The van der Waals surface area contributed by atoms with Crippen LogP contribution in [-0.4, -0.2) is 16.1 Å². The molecular weight excluding hydrogens is 596 g/mol. The monoisotopic (exact) mass is 619 g/mol. The molecule has 2 atom stereocenters. The van der Waals surface area contributed by atoms with E-state index in [0.717, 1.165) is 33.3 Å². The normalized spacial score (nSPS) is 16.7. The fraction of sp³-hybridized carbons (Fsp3) is 0.0571. The molecule has 0 bridgehead atoms. The summed E-state index contributed by atoms with van der Waals surface area (Å²) in [5.74, 6) is -1.22. The van der Waals surface area contributed by atoms with Gasteiger partial charge in [0.2, 0.25) is 5.91 Å². The van der Waals surface area contributed by atoms with Crippen molar-refractivity contribution >= 4 is 50.5 Å². The number of rotatable bonds is 5. The molecule has 1 aromatic heterocycles. The Labute approximate surface area is 245 Å². The second kappa shape index (κ2) is 10.1. The molecule has 6 heteroatoms. The van der Waals surface area contributed by atoms with Crippen LogP contribution in [0.25, 0.3) is 22.0 Å². The summed E-state index contributed by atoms with van der Waals surface area (Å²) < 4.78 is 32.4. The van der Waals surface area contributed by atoms with E-state index in [0.29, 0.717) is 15.1 Å². The van der Waals surface area contributed by atoms with Gasteiger partial charge in [-0.25, -0.2) is 4.39 Å². The van der Waals surface area contributed by atoms with Crippen LogP contribution in [0.2, 0.25) is 0 Å². The Kier molecular flexibility index (Phi) is 6.37. The molecule has 3 nitrogen and oxygen atoms in total. The number of halogens is 2. The molecule has 2 heterocycles. The van der Waals surface area contributed by atoms with Crippen LogP contribution in [0.5, 0.6) is 0 Å². The van der Waals surface area contributed by atoms with Crippen molar-refractivity contribution in [2.45, 2.75) is 11.6 Å². The molecule has 0 spiro atoms. The molecule has 0 radical (unpaired) electrons. The second-order valence-corrected chi connectivity index (χ2v) is 14.0. The van der Waals surface area contributed by atoms with Crippen LogP contribution < -0.4 is 10.6 Å². The van der Waals surface area contributed by atoms with Crippen molar-refractivity contribution < 1.29 is 13.8 Å². The van der Waals surface area contributed by atoms with Gasteiger partial charge in [0, 0.05) is 33.2 Å². The zero-order valence-corrected chi connectivity index (χ0v) is 24.3. The van der Waals surface area contributed by atoms with Gasteiger partial charge in [-0.3, -0.25) is 9.36 Å². The van der Waals surface area contributed by atoms with Crippen LogP contribution in [0.3, 0.4) is 0 Å². The average Bonchev–Trinajstić information content (AvgIpc) is 3.52. The summed E-state index contributed by atoms with van der Waals surface area (Å²) in [4.78, 5) is 14.9. The van der Waals surface area contributed by atoms with E-state index in [9.17, 15) is 9.18 Å². The van der Waals surface area contributed by atoms with Crippen molar-refractivity contribution in [1.82, 2.24) is 4.57 Å². The van der Waals surface area contributed by atoms with Gasteiger partial charge in [-0.05, 0) is 45.3 Å². The Hall–Kier alpha value is -4.05. The quantitative estimate of drug-likeness (QED) is 0.182. The molecule has 6 aromatic rings. The first-order valence-electron chi connectivity index (χ1n) is 13.4. The Morgan fingerprint density at radius 2 is 1.27 bits per heavy atom. The lowest BCUT2D eigenvalue weighted by atomic mass is 9.89. The first kappa shape index (κ1) is 25.9. The molecule has 0 saturated carbocycles. The summed E-state index contributed by atoms with van der Waals surface area (Å²) in [6.07, 6.45) is 0. The number of benzene rings is 5. The maximum absolute atomic E-state index is 15.8. The number of hydrogen-bond donors (Lipinski definition) is 0. The average molecular weight is 620 g/mol. The zero-order chi connectivity index (χ0) is 28.1. The smallest absolute Gasteiger partial charge is 0.243 e. The second-order valence-electron chi connectivity index (χ2n) is 10.2. The number of fused-ring (bicyclic) bond motifs is 3. The number of nitrogens with zero attached hydrogens (tertiary/aromatic N) is 1. The first-order valence-corrected chi connectivity index (χ1v) is 16.0. The summed E-state index contributed by atoms with van der Waals surface area (Å²) >= 11 is 3.37. The van der Waals surface area contributed by atoms with Crippen molar-refractivity contribution in [3.05, 3.63) is 155 Å². The van der Waals surface area contributed by atoms with E-state index in [1.165, 1.54) is 6.07 Å². The first-order chi connectivity index (χ1) is 20.0. The Morgan fingerprint density at radius 1 is 0.707 bits per heavy atom. The van der Waals surface area contributed by atoms with Crippen LogP contribution in [0, 0.1) is 5.82 Å².